The van der Waals surface area contributed by atoms with Crippen LogP contribution in [0.2, 0.25) is 5.02 Å². The molecule has 0 saturated carbocycles. The van der Waals surface area contributed by atoms with E-state index in [9.17, 15) is 9.18 Å². The Morgan fingerprint density at radius 1 is 1.47 bits per heavy atom. The van der Waals surface area contributed by atoms with Gasteiger partial charge in [-0.2, -0.15) is 5.10 Å². The van der Waals surface area contributed by atoms with E-state index < -0.39 is 5.82 Å². The number of carbonyl (C=O) groups is 1. The van der Waals surface area contributed by atoms with E-state index >= 15 is 0 Å². The molecule has 1 aromatic carbocycles. The number of aromatic nitrogens is 2. The van der Waals surface area contributed by atoms with Crippen molar-refractivity contribution in [3.05, 3.63) is 47.0 Å². The molecule has 76 valence electrons. The largest absolute Gasteiger partial charge is 0.298 e. The molecule has 0 atom stereocenters. The lowest BCUT2D eigenvalue weighted by molar-refractivity contribution is 0.112. The van der Waals surface area contributed by atoms with Gasteiger partial charge in [-0.3, -0.25) is 4.79 Å². The molecule has 0 N–H and O–H groups in total. The smallest absolute Gasteiger partial charge is 0.153 e. The van der Waals surface area contributed by atoms with Gasteiger partial charge in [0, 0.05) is 12.3 Å². The lowest BCUT2D eigenvalue weighted by Crippen LogP contribution is -1.94. The molecule has 0 spiro atoms. The van der Waals surface area contributed by atoms with E-state index in [1.807, 2.05) is 0 Å². The molecule has 0 aliphatic rings. The normalized spacial score (nSPS) is 10.3. The van der Waals surface area contributed by atoms with Crippen molar-refractivity contribution in [2.24, 2.45) is 0 Å². The summed E-state index contributed by atoms with van der Waals surface area (Å²) in [5.41, 5.74) is 0.954. The molecule has 2 aromatic rings. The van der Waals surface area contributed by atoms with E-state index in [1.54, 1.807) is 6.07 Å². The molecule has 0 fully saturated rings. The van der Waals surface area contributed by atoms with Gasteiger partial charge in [0.05, 0.1) is 22.5 Å². The third-order valence-corrected chi connectivity index (χ3v) is 2.21. The van der Waals surface area contributed by atoms with Gasteiger partial charge in [-0.15, -0.1) is 0 Å². The first-order valence-electron chi connectivity index (χ1n) is 4.16. The number of halogens is 2. The van der Waals surface area contributed by atoms with Gasteiger partial charge in [0.2, 0.25) is 0 Å². The highest BCUT2D eigenvalue weighted by molar-refractivity contribution is 6.30. The summed E-state index contributed by atoms with van der Waals surface area (Å²) < 4.78 is 14.5. The number of aldehydes is 1. The van der Waals surface area contributed by atoms with Crippen LogP contribution in [0.15, 0.2) is 30.6 Å². The number of hydrogen-bond donors (Lipinski definition) is 0. The summed E-state index contributed by atoms with van der Waals surface area (Å²) in [7, 11) is 0. The van der Waals surface area contributed by atoms with Gasteiger partial charge < -0.3 is 0 Å². The summed E-state index contributed by atoms with van der Waals surface area (Å²) in [6.07, 6.45) is 3.59. The first-order chi connectivity index (χ1) is 7.20. The Morgan fingerprint density at radius 3 is 2.87 bits per heavy atom. The van der Waals surface area contributed by atoms with Crippen LogP contribution < -0.4 is 0 Å². The zero-order valence-electron chi connectivity index (χ0n) is 7.52. The van der Waals surface area contributed by atoms with Gasteiger partial charge in [-0.25, -0.2) is 9.07 Å². The molecular formula is C10H6ClFN2O. The van der Waals surface area contributed by atoms with Crippen molar-refractivity contribution in [3.8, 4) is 5.69 Å². The molecule has 0 aliphatic carbocycles. The van der Waals surface area contributed by atoms with Crippen LogP contribution in [0.4, 0.5) is 4.39 Å². The standard InChI is InChI=1S/C10H6ClFN2O/c11-9-2-1-8(3-10(9)12)14-5-7(6-15)4-13-14/h1-6H. The Morgan fingerprint density at radius 2 is 2.27 bits per heavy atom. The molecular weight excluding hydrogens is 219 g/mol. The summed E-state index contributed by atoms with van der Waals surface area (Å²) >= 11 is 5.54. The van der Waals surface area contributed by atoms with E-state index in [0.717, 1.165) is 0 Å². The fraction of sp³-hybridized carbons (Fsp3) is 0. The number of nitrogens with zero attached hydrogens (tertiary/aromatic N) is 2. The highest BCUT2D eigenvalue weighted by Gasteiger charge is 2.04. The van der Waals surface area contributed by atoms with E-state index in [-0.39, 0.29) is 5.02 Å². The van der Waals surface area contributed by atoms with Crippen molar-refractivity contribution in [1.82, 2.24) is 9.78 Å². The first-order valence-corrected chi connectivity index (χ1v) is 4.54. The lowest BCUT2D eigenvalue weighted by atomic mass is 10.3. The molecule has 0 unspecified atom stereocenters. The number of rotatable bonds is 2. The quantitative estimate of drug-likeness (QED) is 0.735. The Bertz CT molecular complexity index is 510. The van der Waals surface area contributed by atoms with Crippen molar-refractivity contribution >= 4 is 17.9 Å². The Balaban J connectivity index is 2.44. The fourth-order valence-electron chi connectivity index (χ4n) is 1.17. The predicted octanol–water partition coefficient (Wildman–Crippen LogP) is 2.48. The van der Waals surface area contributed by atoms with Gasteiger partial charge in [-0.1, -0.05) is 11.6 Å². The molecule has 0 radical (unpaired) electrons. The van der Waals surface area contributed by atoms with E-state index in [0.29, 0.717) is 17.5 Å². The second-order valence-electron chi connectivity index (χ2n) is 2.93. The second-order valence-corrected chi connectivity index (χ2v) is 3.34. The van der Waals surface area contributed by atoms with E-state index in [1.165, 1.54) is 29.2 Å². The second kappa shape index (κ2) is 3.82. The lowest BCUT2D eigenvalue weighted by Gasteiger charge is -2.01. The highest BCUT2D eigenvalue weighted by atomic mass is 35.5. The molecule has 0 saturated heterocycles. The van der Waals surface area contributed by atoms with Gasteiger partial charge in [0.15, 0.2) is 6.29 Å². The van der Waals surface area contributed by atoms with Gasteiger partial charge >= 0.3 is 0 Å². The van der Waals surface area contributed by atoms with Crippen LogP contribution in [0.25, 0.3) is 5.69 Å². The van der Waals surface area contributed by atoms with E-state index in [2.05, 4.69) is 5.10 Å². The van der Waals surface area contributed by atoms with Crippen molar-refractivity contribution in [2.75, 3.05) is 0 Å². The van der Waals surface area contributed by atoms with Crippen molar-refractivity contribution < 1.29 is 9.18 Å². The monoisotopic (exact) mass is 224 g/mol. The summed E-state index contributed by atoms with van der Waals surface area (Å²) in [5.74, 6) is -0.516. The van der Waals surface area contributed by atoms with Gasteiger partial charge in [0.25, 0.3) is 0 Å². The molecule has 3 nitrogen and oxygen atoms in total. The molecule has 15 heavy (non-hydrogen) atoms. The average Bonchev–Trinajstić information content (AvgIpc) is 2.70. The van der Waals surface area contributed by atoms with Crippen molar-refractivity contribution in [3.63, 3.8) is 0 Å². The van der Waals surface area contributed by atoms with Crippen molar-refractivity contribution in [1.29, 1.82) is 0 Å². The number of hydrogen-bond acceptors (Lipinski definition) is 2. The molecule has 0 aliphatic heterocycles. The summed E-state index contributed by atoms with van der Waals surface area (Å²) in [5, 5.41) is 3.96. The van der Waals surface area contributed by atoms with Crippen LogP contribution >= 0.6 is 11.6 Å². The SMILES string of the molecule is O=Cc1cnn(-c2ccc(Cl)c(F)c2)c1. The Kier molecular flexibility index (Phi) is 2.51. The Labute approximate surface area is 90.1 Å². The Hall–Kier alpha value is -1.68. The molecule has 1 aromatic heterocycles. The minimum atomic E-state index is -0.516. The minimum Gasteiger partial charge on any atom is -0.298 e. The third-order valence-electron chi connectivity index (χ3n) is 1.91. The molecule has 0 amide bonds. The predicted molar refractivity (Wildman–Crippen MR) is 53.9 cm³/mol. The molecule has 0 bridgehead atoms. The van der Waals surface area contributed by atoms with Gasteiger partial charge in [0.1, 0.15) is 5.82 Å². The van der Waals surface area contributed by atoms with Crippen LogP contribution in [0.3, 0.4) is 0 Å². The van der Waals surface area contributed by atoms with Crippen molar-refractivity contribution in [2.45, 2.75) is 0 Å². The summed E-state index contributed by atoms with van der Waals surface area (Å²) in [4.78, 5) is 10.4. The highest BCUT2D eigenvalue weighted by Crippen LogP contribution is 2.17. The maximum atomic E-state index is 13.1. The summed E-state index contributed by atoms with van der Waals surface area (Å²) in [6, 6.07) is 4.31. The van der Waals surface area contributed by atoms with Crippen LogP contribution in [0.5, 0.6) is 0 Å². The van der Waals surface area contributed by atoms with Crippen LogP contribution in [-0.4, -0.2) is 16.1 Å². The van der Waals surface area contributed by atoms with E-state index in [4.69, 9.17) is 11.6 Å². The minimum absolute atomic E-state index is 0.0570. The third kappa shape index (κ3) is 1.89. The fourth-order valence-corrected chi connectivity index (χ4v) is 1.28. The van der Waals surface area contributed by atoms with Crippen LogP contribution in [0, 0.1) is 5.82 Å². The molecule has 2 rings (SSSR count). The topological polar surface area (TPSA) is 34.9 Å². The number of benzene rings is 1. The van der Waals surface area contributed by atoms with Crippen LogP contribution in [-0.2, 0) is 0 Å². The maximum absolute atomic E-state index is 13.1. The van der Waals surface area contributed by atoms with Gasteiger partial charge in [-0.05, 0) is 12.1 Å². The average molecular weight is 225 g/mol. The van der Waals surface area contributed by atoms with Crippen LogP contribution in [0.1, 0.15) is 10.4 Å². The molecule has 1 heterocycles. The first kappa shape index (κ1) is 9.86. The molecule has 5 heteroatoms. The zero-order chi connectivity index (χ0) is 10.8. The summed E-state index contributed by atoms with van der Waals surface area (Å²) in [6.45, 7) is 0. The zero-order valence-corrected chi connectivity index (χ0v) is 8.28. The maximum Gasteiger partial charge on any atom is 0.153 e. The number of carbonyl (C=O) groups excluding carboxylic acids is 1.